The number of H-pyrrole nitrogens is 1. The van der Waals surface area contributed by atoms with E-state index < -0.39 is 0 Å². The second-order valence-corrected chi connectivity index (χ2v) is 4.34. The van der Waals surface area contributed by atoms with Gasteiger partial charge in [0, 0.05) is 11.6 Å². The zero-order valence-corrected chi connectivity index (χ0v) is 10.2. The second kappa shape index (κ2) is 5.63. The van der Waals surface area contributed by atoms with E-state index in [4.69, 9.17) is 5.73 Å². The van der Waals surface area contributed by atoms with Crippen molar-refractivity contribution in [3.8, 4) is 0 Å². The Morgan fingerprint density at radius 3 is 2.76 bits per heavy atom. The number of hydrogen-bond donors (Lipinski definition) is 3. The third-order valence-electron chi connectivity index (χ3n) is 2.90. The quantitative estimate of drug-likeness (QED) is 0.701. The Morgan fingerprint density at radius 2 is 2.24 bits per heavy atom. The van der Waals surface area contributed by atoms with Crippen molar-refractivity contribution < 1.29 is 4.79 Å². The molecular formula is C12H19N3O2. The molecule has 5 heteroatoms. The molecule has 1 aromatic heterocycles. The molecule has 1 heterocycles. The number of hydrogen-bond acceptors (Lipinski definition) is 3. The summed E-state index contributed by atoms with van der Waals surface area (Å²) in [5.74, 6) is -0.277. The van der Waals surface area contributed by atoms with Crippen LogP contribution in [-0.2, 0) is 0 Å². The van der Waals surface area contributed by atoms with Crippen LogP contribution in [0.3, 0.4) is 0 Å². The lowest BCUT2D eigenvalue weighted by Gasteiger charge is -2.29. The Labute approximate surface area is 100 Å². The van der Waals surface area contributed by atoms with Gasteiger partial charge in [0.2, 0.25) is 5.56 Å². The molecule has 0 bridgehead atoms. The van der Waals surface area contributed by atoms with Gasteiger partial charge in [-0.3, -0.25) is 9.59 Å². The third-order valence-corrected chi connectivity index (χ3v) is 2.90. The van der Waals surface area contributed by atoms with Gasteiger partial charge in [0.1, 0.15) is 5.69 Å². The van der Waals surface area contributed by atoms with Gasteiger partial charge in [-0.15, -0.1) is 0 Å². The van der Waals surface area contributed by atoms with E-state index in [9.17, 15) is 9.59 Å². The average molecular weight is 237 g/mol. The molecule has 0 aliphatic carbocycles. The van der Waals surface area contributed by atoms with E-state index in [-0.39, 0.29) is 22.7 Å². The second-order valence-electron chi connectivity index (χ2n) is 4.34. The van der Waals surface area contributed by atoms with Crippen molar-refractivity contribution in [3.63, 3.8) is 0 Å². The minimum absolute atomic E-state index is 0.272. The van der Waals surface area contributed by atoms with Crippen LogP contribution in [0.25, 0.3) is 0 Å². The van der Waals surface area contributed by atoms with Crippen molar-refractivity contribution in [3.05, 3.63) is 34.2 Å². The molecule has 17 heavy (non-hydrogen) atoms. The summed E-state index contributed by atoms with van der Waals surface area (Å²) in [5, 5.41) is 2.90. The van der Waals surface area contributed by atoms with Crippen LogP contribution < -0.4 is 16.6 Å². The van der Waals surface area contributed by atoms with Crippen molar-refractivity contribution in [2.24, 2.45) is 5.73 Å². The normalized spacial score (nSPS) is 14.1. The number of carbonyl (C=O) groups is 1. The van der Waals surface area contributed by atoms with E-state index in [0.717, 1.165) is 6.42 Å². The van der Waals surface area contributed by atoms with Crippen LogP contribution >= 0.6 is 0 Å². The lowest BCUT2D eigenvalue weighted by Crippen LogP contribution is -2.47. The highest BCUT2D eigenvalue weighted by atomic mass is 16.2. The van der Waals surface area contributed by atoms with Gasteiger partial charge in [-0.25, -0.2) is 0 Å². The maximum Gasteiger partial charge on any atom is 0.268 e. The van der Waals surface area contributed by atoms with Gasteiger partial charge in [-0.05, 0) is 32.4 Å². The molecule has 5 nitrogen and oxygen atoms in total. The minimum atomic E-state index is -0.335. The zero-order valence-electron chi connectivity index (χ0n) is 10.2. The first-order chi connectivity index (χ1) is 8.00. The molecule has 1 amide bonds. The van der Waals surface area contributed by atoms with E-state index in [1.165, 1.54) is 6.07 Å². The Hall–Kier alpha value is -1.62. The number of nitrogens with two attached hydrogens (primary N) is 1. The van der Waals surface area contributed by atoms with Crippen molar-refractivity contribution in [1.82, 2.24) is 10.3 Å². The van der Waals surface area contributed by atoms with Gasteiger partial charge in [0.15, 0.2) is 0 Å². The minimum Gasteiger partial charge on any atom is -0.346 e. The fraction of sp³-hybridized carbons (Fsp3) is 0.500. The fourth-order valence-corrected chi connectivity index (χ4v) is 1.57. The Kier molecular flexibility index (Phi) is 4.45. The van der Waals surface area contributed by atoms with Crippen LogP contribution in [0.2, 0.25) is 0 Å². The molecular weight excluding hydrogens is 218 g/mol. The SMILES string of the molecule is CCC(C)(CCN)NC(=O)c1cccc(=O)[nH]1. The van der Waals surface area contributed by atoms with E-state index in [1.807, 2.05) is 13.8 Å². The van der Waals surface area contributed by atoms with Gasteiger partial charge in [-0.2, -0.15) is 0 Å². The molecule has 0 aliphatic rings. The van der Waals surface area contributed by atoms with Crippen LogP contribution in [0.5, 0.6) is 0 Å². The molecule has 4 N–H and O–H groups in total. The average Bonchev–Trinajstić information content (AvgIpc) is 2.29. The van der Waals surface area contributed by atoms with Gasteiger partial charge < -0.3 is 16.0 Å². The largest absolute Gasteiger partial charge is 0.346 e. The summed E-state index contributed by atoms with van der Waals surface area (Å²) < 4.78 is 0. The third kappa shape index (κ3) is 3.71. The van der Waals surface area contributed by atoms with Crippen molar-refractivity contribution in [2.45, 2.75) is 32.2 Å². The monoisotopic (exact) mass is 237 g/mol. The predicted molar refractivity (Wildman–Crippen MR) is 66.9 cm³/mol. The number of aromatic amines is 1. The molecule has 0 fully saturated rings. The molecule has 1 unspecified atom stereocenters. The van der Waals surface area contributed by atoms with Gasteiger partial charge in [0.25, 0.3) is 5.91 Å². The molecule has 0 spiro atoms. The highest BCUT2D eigenvalue weighted by Gasteiger charge is 2.24. The number of amides is 1. The van der Waals surface area contributed by atoms with Crippen LogP contribution in [0, 0.1) is 0 Å². The Morgan fingerprint density at radius 1 is 1.53 bits per heavy atom. The summed E-state index contributed by atoms with van der Waals surface area (Å²) >= 11 is 0. The summed E-state index contributed by atoms with van der Waals surface area (Å²) in [4.78, 5) is 25.5. The topological polar surface area (TPSA) is 88.0 Å². The highest BCUT2D eigenvalue weighted by Crippen LogP contribution is 2.13. The number of aromatic nitrogens is 1. The highest BCUT2D eigenvalue weighted by molar-refractivity contribution is 5.92. The number of nitrogens with one attached hydrogen (secondary N) is 2. The first-order valence-corrected chi connectivity index (χ1v) is 5.72. The maximum atomic E-state index is 11.9. The molecule has 0 radical (unpaired) electrons. The van der Waals surface area contributed by atoms with Crippen molar-refractivity contribution >= 4 is 5.91 Å². The lowest BCUT2D eigenvalue weighted by atomic mass is 9.94. The van der Waals surface area contributed by atoms with Crippen molar-refractivity contribution in [1.29, 1.82) is 0 Å². The standard InChI is InChI=1S/C12H19N3O2/c1-3-12(2,7-8-13)15-11(17)9-5-4-6-10(16)14-9/h4-6H,3,7-8,13H2,1-2H3,(H,14,16)(H,15,17). The maximum absolute atomic E-state index is 11.9. The summed E-state index contributed by atoms with van der Waals surface area (Å²) in [6.07, 6.45) is 1.49. The molecule has 1 atom stereocenters. The smallest absolute Gasteiger partial charge is 0.268 e. The molecule has 0 aliphatic heterocycles. The van der Waals surface area contributed by atoms with Crippen molar-refractivity contribution in [2.75, 3.05) is 6.54 Å². The van der Waals surface area contributed by atoms with E-state index in [0.29, 0.717) is 13.0 Å². The van der Waals surface area contributed by atoms with Crippen LogP contribution in [0.1, 0.15) is 37.2 Å². The summed E-state index contributed by atoms with van der Waals surface area (Å²) in [6.45, 7) is 4.44. The lowest BCUT2D eigenvalue weighted by molar-refractivity contribution is 0.0894. The molecule has 1 aromatic rings. The summed E-state index contributed by atoms with van der Waals surface area (Å²) in [6, 6.07) is 4.50. The van der Waals surface area contributed by atoms with Crippen LogP contribution in [0.4, 0.5) is 0 Å². The van der Waals surface area contributed by atoms with Gasteiger partial charge in [-0.1, -0.05) is 13.0 Å². The molecule has 0 saturated heterocycles. The molecule has 0 saturated carbocycles. The summed E-state index contributed by atoms with van der Waals surface area (Å²) in [7, 11) is 0. The molecule has 94 valence electrons. The van der Waals surface area contributed by atoms with E-state index in [1.54, 1.807) is 12.1 Å². The number of rotatable bonds is 5. The predicted octanol–water partition coefficient (Wildman–Crippen LogP) is 0.622. The number of carbonyl (C=O) groups excluding carboxylic acids is 1. The zero-order chi connectivity index (χ0) is 12.9. The Bertz CT molecular complexity index is 441. The summed E-state index contributed by atoms with van der Waals surface area (Å²) in [5.41, 5.74) is 5.17. The van der Waals surface area contributed by atoms with E-state index >= 15 is 0 Å². The van der Waals surface area contributed by atoms with Crippen LogP contribution in [-0.4, -0.2) is 23.0 Å². The molecule has 1 rings (SSSR count). The first kappa shape index (κ1) is 13.4. The Balaban J connectivity index is 2.81. The number of pyridine rings is 1. The van der Waals surface area contributed by atoms with E-state index in [2.05, 4.69) is 10.3 Å². The van der Waals surface area contributed by atoms with Gasteiger partial charge in [0.05, 0.1) is 0 Å². The van der Waals surface area contributed by atoms with Crippen LogP contribution in [0.15, 0.2) is 23.0 Å². The first-order valence-electron chi connectivity index (χ1n) is 5.72. The van der Waals surface area contributed by atoms with Gasteiger partial charge >= 0.3 is 0 Å². The fourth-order valence-electron chi connectivity index (χ4n) is 1.57. The molecule has 0 aromatic carbocycles.